The third kappa shape index (κ3) is 4.47. The Morgan fingerprint density at radius 1 is 1.00 bits per heavy atom. The molecular weight excluding hydrogens is 429 g/mol. The summed E-state index contributed by atoms with van der Waals surface area (Å²) in [5.41, 5.74) is 2.11. The lowest BCUT2D eigenvalue weighted by molar-refractivity contribution is 0.102. The molecule has 0 bridgehead atoms. The smallest absolute Gasteiger partial charge is 0.260 e. The molecule has 0 saturated carbocycles. The molecule has 7 nitrogen and oxygen atoms in total. The largest absolute Gasteiger partial charge is 0.493 e. The van der Waals surface area contributed by atoms with Crippen LogP contribution in [0.15, 0.2) is 36.4 Å². The SMILES string of the molecule is COc1ccc(C(=O)Nc2cc(C)n(Cc3ccc(Cl)c(Cl)c3)n2)c(OC)c1OC. The highest BCUT2D eigenvalue weighted by atomic mass is 35.5. The fourth-order valence-corrected chi connectivity index (χ4v) is 3.33. The summed E-state index contributed by atoms with van der Waals surface area (Å²) in [6, 6.07) is 10.4. The Morgan fingerprint density at radius 3 is 2.37 bits per heavy atom. The minimum atomic E-state index is -0.382. The minimum absolute atomic E-state index is 0.279. The van der Waals surface area contributed by atoms with Gasteiger partial charge in [0.25, 0.3) is 5.91 Å². The summed E-state index contributed by atoms with van der Waals surface area (Å²) in [6.07, 6.45) is 0. The summed E-state index contributed by atoms with van der Waals surface area (Å²) in [6.45, 7) is 2.38. The number of halogens is 2. The zero-order valence-corrected chi connectivity index (χ0v) is 18.5. The van der Waals surface area contributed by atoms with E-state index in [2.05, 4.69) is 10.4 Å². The maximum absolute atomic E-state index is 12.9. The molecule has 1 N–H and O–H groups in total. The first-order valence-electron chi connectivity index (χ1n) is 8.96. The normalized spacial score (nSPS) is 10.6. The van der Waals surface area contributed by atoms with Gasteiger partial charge in [0.05, 0.1) is 43.5 Å². The second-order valence-electron chi connectivity index (χ2n) is 6.41. The van der Waals surface area contributed by atoms with Crippen molar-refractivity contribution < 1.29 is 19.0 Å². The second kappa shape index (κ2) is 9.28. The zero-order chi connectivity index (χ0) is 21.8. The molecule has 0 fully saturated rings. The number of hydrogen-bond donors (Lipinski definition) is 1. The van der Waals surface area contributed by atoms with Crippen molar-refractivity contribution in [3.05, 3.63) is 63.3 Å². The summed E-state index contributed by atoms with van der Waals surface area (Å²) in [5.74, 6) is 1.12. The molecule has 1 aromatic heterocycles. The third-order valence-electron chi connectivity index (χ3n) is 4.49. The van der Waals surface area contributed by atoms with E-state index in [1.165, 1.54) is 21.3 Å². The van der Waals surface area contributed by atoms with Crippen LogP contribution in [0.5, 0.6) is 17.2 Å². The number of aromatic nitrogens is 2. The molecule has 0 aliphatic heterocycles. The molecule has 0 saturated heterocycles. The number of hydrogen-bond acceptors (Lipinski definition) is 5. The molecule has 0 aliphatic carbocycles. The van der Waals surface area contributed by atoms with Crippen LogP contribution < -0.4 is 19.5 Å². The van der Waals surface area contributed by atoms with Crippen molar-refractivity contribution >= 4 is 34.9 Å². The van der Waals surface area contributed by atoms with E-state index in [9.17, 15) is 4.79 Å². The summed E-state index contributed by atoms with van der Waals surface area (Å²) < 4.78 is 17.7. The molecule has 1 heterocycles. The summed E-state index contributed by atoms with van der Waals surface area (Å²) >= 11 is 12.1. The van der Waals surface area contributed by atoms with Crippen LogP contribution in [-0.2, 0) is 6.54 Å². The van der Waals surface area contributed by atoms with E-state index in [1.54, 1.807) is 35.0 Å². The van der Waals surface area contributed by atoms with Gasteiger partial charge in [-0.25, -0.2) is 0 Å². The third-order valence-corrected chi connectivity index (χ3v) is 5.23. The highest BCUT2D eigenvalue weighted by Crippen LogP contribution is 2.39. The standard InChI is InChI=1S/C21H21Cl2N3O4/c1-12-9-18(25-26(12)11-13-5-7-15(22)16(23)10-13)24-21(27)14-6-8-17(28-2)20(30-4)19(14)29-3/h5-10H,11H2,1-4H3,(H,24,25,27). The summed E-state index contributed by atoms with van der Waals surface area (Å²) in [4.78, 5) is 12.9. The molecule has 0 atom stereocenters. The topological polar surface area (TPSA) is 74.6 Å². The van der Waals surface area contributed by atoms with E-state index in [4.69, 9.17) is 37.4 Å². The van der Waals surface area contributed by atoms with Crippen molar-refractivity contribution in [2.45, 2.75) is 13.5 Å². The fourth-order valence-electron chi connectivity index (χ4n) is 3.01. The number of anilines is 1. The van der Waals surface area contributed by atoms with Gasteiger partial charge in [-0.15, -0.1) is 0 Å². The van der Waals surface area contributed by atoms with Crippen LogP contribution in [0, 0.1) is 6.92 Å². The van der Waals surface area contributed by atoms with Crippen molar-refractivity contribution in [3.8, 4) is 17.2 Å². The average molecular weight is 450 g/mol. The van der Waals surface area contributed by atoms with E-state index < -0.39 is 0 Å². The number of carbonyl (C=O) groups is 1. The molecule has 3 rings (SSSR count). The highest BCUT2D eigenvalue weighted by molar-refractivity contribution is 6.42. The number of methoxy groups -OCH3 is 3. The van der Waals surface area contributed by atoms with Gasteiger partial charge in [-0.1, -0.05) is 29.3 Å². The van der Waals surface area contributed by atoms with Crippen LogP contribution in [0.2, 0.25) is 10.0 Å². The van der Waals surface area contributed by atoms with Crippen LogP contribution in [0.1, 0.15) is 21.6 Å². The van der Waals surface area contributed by atoms with Crippen molar-refractivity contribution in [3.63, 3.8) is 0 Å². The minimum Gasteiger partial charge on any atom is -0.493 e. The van der Waals surface area contributed by atoms with Gasteiger partial charge in [0.2, 0.25) is 5.75 Å². The number of nitrogens with one attached hydrogen (secondary N) is 1. The highest BCUT2D eigenvalue weighted by Gasteiger charge is 2.21. The molecule has 0 aliphatic rings. The zero-order valence-electron chi connectivity index (χ0n) is 17.0. The fraction of sp³-hybridized carbons (Fsp3) is 0.238. The number of aryl methyl sites for hydroxylation is 1. The van der Waals surface area contributed by atoms with Crippen molar-refractivity contribution in [1.29, 1.82) is 0 Å². The van der Waals surface area contributed by atoms with E-state index >= 15 is 0 Å². The molecule has 1 amide bonds. The predicted octanol–water partition coefficient (Wildman–Crippen LogP) is 4.82. The van der Waals surface area contributed by atoms with Gasteiger partial charge in [-0.3, -0.25) is 9.48 Å². The average Bonchev–Trinajstić information content (AvgIpc) is 3.07. The van der Waals surface area contributed by atoms with Crippen molar-refractivity contribution in [1.82, 2.24) is 9.78 Å². The van der Waals surface area contributed by atoms with Gasteiger partial charge >= 0.3 is 0 Å². The summed E-state index contributed by atoms with van der Waals surface area (Å²) in [5, 5.41) is 8.24. The maximum Gasteiger partial charge on any atom is 0.260 e. The lowest BCUT2D eigenvalue weighted by Crippen LogP contribution is -2.14. The van der Waals surface area contributed by atoms with E-state index in [-0.39, 0.29) is 11.7 Å². The Balaban J connectivity index is 1.83. The Kier molecular flexibility index (Phi) is 6.74. The van der Waals surface area contributed by atoms with Crippen LogP contribution in [0.3, 0.4) is 0 Å². The Morgan fingerprint density at radius 2 is 1.73 bits per heavy atom. The van der Waals surface area contributed by atoms with Crippen LogP contribution in [0.25, 0.3) is 0 Å². The van der Waals surface area contributed by atoms with Gasteiger partial charge in [0, 0.05) is 11.8 Å². The monoisotopic (exact) mass is 449 g/mol. The van der Waals surface area contributed by atoms with E-state index in [1.807, 2.05) is 13.0 Å². The van der Waals surface area contributed by atoms with Crippen LogP contribution in [0.4, 0.5) is 5.82 Å². The van der Waals surface area contributed by atoms with E-state index in [0.717, 1.165) is 11.3 Å². The first kappa shape index (κ1) is 21.8. The number of benzene rings is 2. The van der Waals surface area contributed by atoms with Gasteiger partial charge in [-0.05, 0) is 36.8 Å². The molecular formula is C21H21Cl2N3O4. The van der Waals surface area contributed by atoms with Gasteiger partial charge < -0.3 is 19.5 Å². The van der Waals surface area contributed by atoms with Gasteiger partial charge in [0.1, 0.15) is 0 Å². The van der Waals surface area contributed by atoms with Crippen LogP contribution in [-0.4, -0.2) is 37.0 Å². The number of rotatable bonds is 7. The first-order chi connectivity index (χ1) is 14.4. The van der Waals surface area contributed by atoms with Gasteiger partial charge in [0.15, 0.2) is 17.3 Å². The lowest BCUT2D eigenvalue weighted by Gasteiger charge is -2.15. The molecule has 0 radical (unpaired) electrons. The molecule has 9 heteroatoms. The molecule has 0 unspecified atom stereocenters. The number of carbonyl (C=O) groups excluding carboxylic acids is 1. The number of nitrogens with zero attached hydrogens (tertiary/aromatic N) is 2. The summed E-state index contributed by atoms with van der Waals surface area (Å²) in [7, 11) is 4.46. The van der Waals surface area contributed by atoms with Crippen LogP contribution >= 0.6 is 23.2 Å². The Labute approximate surface area is 184 Å². The maximum atomic E-state index is 12.9. The quantitative estimate of drug-likeness (QED) is 0.559. The Hall–Kier alpha value is -2.90. The lowest BCUT2D eigenvalue weighted by atomic mass is 10.1. The molecule has 30 heavy (non-hydrogen) atoms. The first-order valence-corrected chi connectivity index (χ1v) is 9.72. The number of amides is 1. The van der Waals surface area contributed by atoms with Crippen molar-refractivity contribution in [2.24, 2.45) is 0 Å². The van der Waals surface area contributed by atoms with E-state index in [0.29, 0.717) is 39.5 Å². The Bertz CT molecular complexity index is 1080. The molecule has 0 spiro atoms. The predicted molar refractivity (Wildman–Crippen MR) is 117 cm³/mol. The van der Waals surface area contributed by atoms with Crippen molar-refractivity contribution in [2.75, 3.05) is 26.6 Å². The molecule has 3 aromatic rings. The second-order valence-corrected chi connectivity index (χ2v) is 7.23. The molecule has 2 aromatic carbocycles. The van der Waals surface area contributed by atoms with Gasteiger partial charge in [-0.2, -0.15) is 5.10 Å². The molecule has 158 valence electrons. The number of ether oxygens (including phenoxy) is 3.